The molecule has 2 fully saturated rings. The number of ketones is 2. The van der Waals surface area contributed by atoms with Gasteiger partial charge in [-0.1, -0.05) is 51.1 Å². The molecule has 1 aliphatic heterocycles. The van der Waals surface area contributed by atoms with Gasteiger partial charge in [0.1, 0.15) is 5.78 Å². The Morgan fingerprint density at radius 2 is 1.74 bits per heavy atom. The normalized spacial score (nSPS) is 32.9. The van der Waals surface area contributed by atoms with Crippen LogP contribution in [-0.4, -0.2) is 37.5 Å². The minimum Gasteiger partial charge on any atom is -0.435 e. The van der Waals surface area contributed by atoms with Crippen LogP contribution >= 0.6 is 0 Å². The minimum atomic E-state index is -0.928. The first-order chi connectivity index (χ1) is 14.6. The fourth-order valence-electron chi connectivity index (χ4n) is 6.33. The van der Waals surface area contributed by atoms with Crippen LogP contribution in [0.4, 0.5) is 0 Å². The number of carbonyl (C=O) groups excluding carboxylic acids is 3. The van der Waals surface area contributed by atoms with Gasteiger partial charge in [0, 0.05) is 31.3 Å². The van der Waals surface area contributed by atoms with Crippen molar-refractivity contribution in [2.45, 2.75) is 52.9 Å². The zero-order valence-electron chi connectivity index (χ0n) is 18.6. The Labute approximate surface area is 182 Å². The van der Waals surface area contributed by atoms with Crippen molar-refractivity contribution in [3.05, 3.63) is 47.5 Å². The van der Waals surface area contributed by atoms with Crippen LogP contribution in [-0.2, 0) is 35.2 Å². The number of esters is 1. The van der Waals surface area contributed by atoms with Gasteiger partial charge in [-0.25, -0.2) is 0 Å². The highest BCUT2D eigenvalue weighted by atomic mass is 16.7. The van der Waals surface area contributed by atoms with E-state index in [-0.39, 0.29) is 43.4 Å². The van der Waals surface area contributed by atoms with E-state index in [1.165, 1.54) is 7.11 Å². The Hall–Kier alpha value is -2.31. The molecule has 4 rings (SSSR count). The molecule has 1 aromatic carbocycles. The molecule has 166 valence electrons. The largest absolute Gasteiger partial charge is 0.435 e. The highest BCUT2D eigenvalue weighted by Gasteiger charge is 2.75. The summed E-state index contributed by atoms with van der Waals surface area (Å²) in [5.74, 6) is -0.857. The highest BCUT2D eigenvalue weighted by molar-refractivity contribution is 5.99. The van der Waals surface area contributed by atoms with E-state index in [1.54, 1.807) is 6.08 Å². The van der Waals surface area contributed by atoms with Gasteiger partial charge in [-0.2, -0.15) is 0 Å². The van der Waals surface area contributed by atoms with Gasteiger partial charge in [0.15, 0.2) is 5.78 Å². The summed E-state index contributed by atoms with van der Waals surface area (Å²) in [4.78, 5) is 38.7. The molecule has 0 radical (unpaired) electrons. The van der Waals surface area contributed by atoms with Gasteiger partial charge >= 0.3 is 5.97 Å². The van der Waals surface area contributed by atoms with E-state index in [0.29, 0.717) is 6.61 Å². The van der Waals surface area contributed by atoms with E-state index in [0.717, 1.165) is 11.1 Å². The van der Waals surface area contributed by atoms with Crippen molar-refractivity contribution in [2.75, 3.05) is 13.7 Å². The number of carbonyl (C=O) groups is 3. The molecule has 1 saturated carbocycles. The summed E-state index contributed by atoms with van der Waals surface area (Å²) in [5, 5.41) is 0. The summed E-state index contributed by atoms with van der Waals surface area (Å²) in [5.41, 5.74) is -0.382. The molecule has 0 N–H and O–H groups in total. The smallest absolute Gasteiger partial charge is 0.308 e. The second-order valence-electron chi connectivity index (χ2n) is 10.1. The maximum Gasteiger partial charge on any atom is 0.308 e. The van der Waals surface area contributed by atoms with Crippen molar-refractivity contribution in [2.24, 2.45) is 22.2 Å². The third-order valence-corrected chi connectivity index (χ3v) is 7.18. The molecule has 0 unspecified atom stereocenters. The fraction of sp³-hybridized carbons (Fsp3) is 0.560. The SMILES string of the molecule is CO[C@H]1OC(=O)C[C@@]12[C@H](C(C)(C)C)C(=O)C[C@]21CC(=O)C=C1COCc1ccccc1. The first kappa shape index (κ1) is 21.9. The zero-order chi connectivity index (χ0) is 22.4. The molecule has 0 aromatic heterocycles. The third-order valence-electron chi connectivity index (χ3n) is 7.18. The fourth-order valence-corrected chi connectivity index (χ4v) is 6.33. The number of hydrogen-bond acceptors (Lipinski definition) is 6. The van der Waals surface area contributed by atoms with E-state index >= 15 is 0 Å². The number of cyclic esters (lactones) is 1. The molecule has 1 heterocycles. The van der Waals surface area contributed by atoms with Crippen LogP contribution in [0.2, 0.25) is 0 Å². The van der Waals surface area contributed by atoms with Crippen LogP contribution in [0.25, 0.3) is 0 Å². The highest BCUT2D eigenvalue weighted by Crippen LogP contribution is 2.70. The van der Waals surface area contributed by atoms with Crippen molar-refractivity contribution in [1.82, 2.24) is 0 Å². The van der Waals surface area contributed by atoms with Crippen LogP contribution in [0.15, 0.2) is 42.0 Å². The summed E-state index contributed by atoms with van der Waals surface area (Å²) in [6.07, 6.45) is 1.16. The number of rotatable bonds is 5. The Morgan fingerprint density at radius 1 is 1.03 bits per heavy atom. The molecule has 4 atom stereocenters. The first-order valence-electron chi connectivity index (χ1n) is 10.7. The van der Waals surface area contributed by atoms with Crippen LogP contribution in [0, 0.1) is 22.2 Å². The van der Waals surface area contributed by atoms with Crippen molar-refractivity contribution in [3.63, 3.8) is 0 Å². The van der Waals surface area contributed by atoms with Crippen LogP contribution in [0.3, 0.4) is 0 Å². The third kappa shape index (κ3) is 3.37. The van der Waals surface area contributed by atoms with Crippen LogP contribution in [0.5, 0.6) is 0 Å². The Kier molecular flexibility index (Phi) is 5.42. The van der Waals surface area contributed by atoms with E-state index in [4.69, 9.17) is 14.2 Å². The minimum absolute atomic E-state index is 0.0470. The summed E-state index contributed by atoms with van der Waals surface area (Å²) in [7, 11) is 1.49. The van der Waals surface area contributed by atoms with Crippen molar-refractivity contribution in [1.29, 1.82) is 0 Å². The van der Waals surface area contributed by atoms with Gasteiger partial charge in [0.2, 0.25) is 6.29 Å². The molecule has 6 heteroatoms. The average Bonchev–Trinajstić information content (AvgIpc) is 3.27. The number of allylic oxidation sites excluding steroid dienone is 1. The quantitative estimate of drug-likeness (QED) is 0.669. The lowest BCUT2D eigenvalue weighted by Gasteiger charge is -2.48. The summed E-state index contributed by atoms with van der Waals surface area (Å²) >= 11 is 0. The maximum absolute atomic E-state index is 13.5. The molecule has 1 saturated heterocycles. The number of methoxy groups -OCH3 is 1. The summed E-state index contributed by atoms with van der Waals surface area (Å²) in [6, 6.07) is 9.79. The lowest BCUT2D eigenvalue weighted by atomic mass is 9.53. The zero-order valence-corrected chi connectivity index (χ0v) is 18.6. The van der Waals surface area contributed by atoms with E-state index < -0.39 is 28.5 Å². The molecule has 2 spiro atoms. The molecule has 0 amide bonds. The predicted octanol–water partition coefficient (Wildman–Crippen LogP) is 3.63. The van der Waals surface area contributed by atoms with E-state index in [9.17, 15) is 14.4 Å². The Bertz CT molecular complexity index is 927. The number of hydrogen-bond donors (Lipinski definition) is 0. The standard InChI is InChI=1S/C25H30O6/c1-23(2,3)21-19(27)12-24(25(21)13-20(28)31-22(25)29-4)11-18(26)10-17(24)15-30-14-16-8-6-5-7-9-16/h5-10,21-22H,11-15H2,1-4H3/t21-,22-,24-,25+/m0/s1. The van der Waals surface area contributed by atoms with Gasteiger partial charge < -0.3 is 14.2 Å². The van der Waals surface area contributed by atoms with Crippen LogP contribution in [0.1, 0.15) is 45.6 Å². The molecular formula is C25H30O6. The number of fused-ring (bicyclic) bond motifs is 1. The van der Waals surface area contributed by atoms with Crippen molar-refractivity contribution >= 4 is 17.5 Å². The summed E-state index contributed by atoms with van der Waals surface area (Å²) in [6.45, 7) is 6.61. The van der Waals surface area contributed by atoms with E-state index in [2.05, 4.69) is 0 Å². The van der Waals surface area contributed by atoms with Crippen molar-refractivity contribution in [3.8, 4) is 0 Å². The Morgan fingerprint density at radius 3 is 2.39 bits per heavy atom. The van der Waals surface area contributed by atoms with Crippen molar-refractivity contribution < 1.29 is 28.6 Å². The number of ether oxygens (including phenoxy) is 3. The lowest BCUT2D eigenvalue weighted by molar-refractivity contribution is -0.195. The molecule has 1 aromatic rings. The average molecular weight is 427 g/mol. The molecular weight excluding hydrogens is 396 g/mol. The van der Waals surface area contributed by atoms with Gasteiger partial charge in [0.25, 0.3) is 0 Å². The number of Topliss-reactive ketones (excluding diaryl/α,β-unsaturated/α-hetero) is 1. The van der Waals surface area contributed by atoms with E-state index in [1.807, 2.05) is 51.1 Å². The molecule has 0 bridgehead atoms. The van der Waals surface area contributed by atoms with Gasteiger partial charge in [0.05, 0.1) is 25.0 Å². The molecule has 31 heavy (non-hydrogen) atoms. The van der Waals surface area contributed by atoms with Gasteiger partial charge in [-0.05, 0) is 22.6 Å². The molecule has 2 aliphatic carbocycles. The topological polar surface area (TPSA) is 78.9 Å². The second-order valence-corrected chi connectivity index (χ2v) is 10.1. The van der Waals surface area contributed by atoms with Crippen LogP contribution < -0.4 is 0 Å². The van der Waals surface area contributed by atoms with Gasteiger partial charge in [-0.3, -0.25) is 14.4 Å². The maximum atomic E-state index is 13.5. The summed E-state index contributed by atoms with van der Waals surface area (Å²) < 4.78 is 17.2. The Balaban J connectivity index is 1.73. The first-order valence-corrected chi connectivity index (χ1v) is 10.7. The monoisotopic (exact) mass is 426 g/mol. The molecule has 6 nitrogen and oxygen atoms in total. The second kappa shape index (κ2) is 7.68. The lowest BCUT2D eigenvalue weighted by Crippen LogP contribution is -2.52. The number of benzene rings is 1. The molecule has 3 aliphatic rings. The predicted molar refractivity (Wildman–Crippen MR) is 113 cm³/mol. The van der Waals surface area contributed by atoms with Gasteiger partial charge in [-0.15, -0.1) is 0 Å².